The molecule has 0 N–H and O–H groups in total. The topological polar surface area (TPSA) is 50.3 Å². The van der Waals surface area contributed by atoms with Gasteiger partial charge in [-0.25, -0.2) is 17.2 Å². The Bertz CT molecular complexity index is 939. The van der Waals surface area contributed by atoms with Crippen LogP contribution in [0.5, 0.6) is 0 Å². The number of sulfonamides is 1. The minimum atomic E-state index is -4.72. The zero-order valence-electron chi connectivity index (χ0n) is 14.6. The highest BCUT2D eigenvalue weighted by Gasteiger charge is 2.36. The lowest BCUT2D eigenvalue weighted by molar-refractivity contribution is -0.141. The summed E-state index contributed by atoms with van der Waals surface area (Å²) in [5.41, 5.74) is -1.71. The number of pyridine rings is 1. The molecule has 0 spiro atoms. The summed E-state index contributed by atoms with van der Waals surface area (Å²) in [4.78, 5) is 2.66. The number of hydrogen-bond acceptors (Lipinski definition) is 3. The Morgan fingerprint density at radius 1 is 1.00 bits per heavy atom. The van der Waals surface area contributed by atoms with E-state index in [1.165, 1.54) is 0 Å². The van der Waals surface area contributed by atoms with Crippen LogP contribution in [0.15, 0.2) is 41.4 Å². The van der Waals surface area contributed by atoms with E-state index in [2.05, 4.69) is 4.98 Å². The van der Waals surface area contributed by atoms with Crippen molar-refractivity contribution in [1.82, 2.24) is 4.98 Å². The molecule has 0 saturated heterocycles. The van der Waals surface area contributed by atoms with Crippen molar-refractivity contribution >= 4 is 15.7 Å². The maximum absolute atomic E-state index is 14.4. The predicted octanol–water partition coefficient (Wildman–Crippen LogP) is 4.91. The van der Waals surface area contributed by atoms with Crippen molar-refractivity contribution in [2.24, 2.45) is 0 Å². The second-order valence-corrected chi connectivity index (χ2v) is 8.38. The predicted molar refractivity (Wildman–Crippen MR) is 92.1 cm³/mol. The van der Waals surface area contributed by atoms with Crippen molar-refractivity contribution in [2.45, 2.75) is 49.2 Å². The molecule has 0 atom stereocenters. The second kappa shape index (κ2) is 7.65. The number of hydrogen-bond donors (Lipinski definition) is 0. The third-order valence-electron chi connectivity index (χ3n) is 4.64. The summed E-state index contributed by atoms with van der Waals surface area (Å²) in [5.74, 6) is -1.76. The molecule has 0 radical (unpaired) electrons. The van der Waals surface area contributed by atoms with Gasteiger partial charge in [0.15, 0.2) is 0 Å². The van der Waals surface area contributed by atoms with Crippen molar-refractivity contribution in [3.05, 3.63) is 53.9 Å². The first-order chi connectivity index (χ1) is 13.1. The highest BCUT2D eigenvalue weighted by molar-refractivity contribution is 7.92. The highest BCUT2D eigenvalue weighted by Crippen LogP contribution is 2.35. The van der Waals surface area contributed by atoms with E-state index >= 15 is 0 Å². The first kappa shape index (κ1) is 20.5. The van der Waals surface area contributed by atoms with Crippen LogP contribution in [0.3, 0.4) is 0 Å². The summed E-state index contributed by atoms with van der Waals surface area (Å²) >= 11 is 0. The zero-order valence-corrected chi connectivity index (χ0v) is 15.4. The largest absolute Gasteiger partial charge is 0.433 e. The molecule has 0 bridgehead atoms. The fraction of sp³-hybridized carbons (Fsp3) is 0.389. The fourth-order valence-corrected chi connectivity index (χ4v) is 4.96. The average Bonchev–Trinajstić information content (AvgIpc) is 2.65. The van der Waals surface area contributed by atoms with Crippen molar-refractivity contribution in [1.29, 1.82) is 0 Å². The molecule has 152 valence electrons. The maximum atomic E-state index is 14.4. The maximum Gasteiger partial charge on any atom is 0.433 e. The van der Waals surface area contributed by atoms with E-state index < -0.39 is 50.2 Å². The Morgan fingerprint density at radius 3 is 2.25 bits per heavy atom. The normalized spacial score (nSPS) is 16.2. The van der Waals surface area contributed by atoms with Crippen LogP contribution in [0.1, 0.15) is 37.8 Å². The minimum Gasteiger partial charge on any atom is -0.260 e. The first-order valence-corrected chi connectivity index (χ1v) is 10.1. The van der Waals surface area contributed by atoms with E-state index in [4.69, 9.17) is 0 Å². The van der Waals surface area contributed by atoms with Crippen LogP contribution in [-0.2, 0) is 16.2 Å². The van der Waals surface area contributed by atoms with Gasteiger partial charge in [-0.2, -0.15) is 13.2 Å². The van der Waals surface area contributed by atoms with Crippen LogP contribution in [-0.4, -0.2) is 19.4 Å². The fourth-order valence-electron chi connectivity index (χ4n) is 3.31. The molecule has 10 heteroatoms. The molecular formula is C18H17F5N2O2S. The number of aromatic nitrogens is 1. The van der Waals surface area contributed by atoms with Crippen LogP contribution >= 0.6 is 0 Å². The number of benzene rings is 1. The van der Waals surface area contributed by atoms with Crippen molar-refractivity contribution in [3.8, 4) is 0 Å². The summed E-state index contributed by atoms with van der Waals surface area (Å²) in [5, 5.41) is 0. The lowest BCUT2D eigenvalue weighted by atomic mass is 9.95. The molecule has 1 aromatic heterocycles. The Labute approximate surface area is 159 Å². The van der Waals surface area contributed by atoms with E-state index in [0.717, 1.165) is 35.0 Å². The van der Waals surface area contributed by atoms with Gasteiger partial charge in [0.25, 0.3) is 10.0 Å². The van der Waals surface area contributed by atoms with Gasteiger partial charge in [0.2, 0.25) is 0 Å². The molecule has 0 amide bonds. The molecule has 0 aliphatic heterocycles. The van der Waals surface area contributed by atoms with Crippen molar-refractivity contribution < 1.29 is 30.4 Å². The van der Waals surface area contributed by atoms with Crippen LogP contribution in [0.4, 0.5) is 27.6 Å². The summed E-state index contributed by atoms with van der Waals surface area (Å²) in [6.45, 7) is 0. The van der Waals surface area contributed by atoms with Crippen molar-refractivity contribution in [2.75, 3.05) is 4.31 Å². The molecule has 4 nitrogen and oxygen atoms in total. The van der Waals surface area contributed by atoms with E-state index in [0.29, 0.717) is 37.9 Å². The van der Waals surface area contributed by atoms with E-state index in [1.54, 1.807) is 0 Å². The van der Waals surface area contributed by atoms with Gasteiger partial charge in [-0.3, -0.25) is 9.29 Å². The Hall–Kier alpha value is -2.23. The lowest BCUT2D eigenvalue weighted by Gasteiger charge is -2.35. The SMILES string of the molecule is O=S(=O)(c1ccc(C(F)(F)F)nc1)N(c1cc(F)ccc1F)C1CCCCC1. The molecule has 0 unspecified atom stereocenters. The van der Waals surface area contributed by atoms with E-state index in [1.807, 2.05) is 0 Å². The lowest BCUT2D eigenvalue weighted by Crippen LogP contribution is -2.42. The van der Waals surface area contributed by atoms with Gasteiger partial charge in [-0.05, 0) is 37.1 Å². The Kier molecular flexibility index (Phi) is 5.60. The van der Waals surface area contributed by atoms with E-state index in [9.17, 15) is 30.4 Å². The number of nitrogens with zero attached hydrogens (tertiary/aromatic N) is 2. The van der Waals surface area contributed by atoms with Crippen molar-refractivity contribution in [3.63, 3.8) is 0 Å². The quantitative estimate of drug-likeness (QED) is 0.661. The molecule has 1 aliphatic carbocycles. The first-order valence-electron chi connectivity index (χ1n) is 8.63. The van der Waals surface area contributed by atoms with E-state index in [-0.39, 0.29) is 0 Å². The van der Waals surface area contributed by atoms with Gasteiger partial charge < -0.3 is 0 Å². The summed E-state index contributed by atoms with van der Waals surface area (Å²) in [6.07, 6.45) is -0.965. The molecule has 3 rings (SSSR count). The Balaban J connectivity index is 2.09. The highest BCUT2D eigenvalue weighted by atomic mass is 32.2. The number of anilines is 1. The molecule has 1 fully saturated rings. The van der Waals surface area contributed by atoms with Crippen LogP contribution < -0.4 is 4.31 Å². The molecule has 1 heterocycles. The van der Waals surface area contributed by atoms with Gasteiger partial charge in [0.05, 0.1) is 5.69 Å². The van der Waals surface area contributed by atoms with Gasteiger partial charge in [-0.15, -0.1) is 0 Å². The summed E-state index contributed by atoms with van der Waals surface area (Å²) < 4.78 is 93.4. The Morgan fingerprint density at radius 2 is 1.68 bits per heavy atom. The standard InChI is InChI=1S/C18H17F5N2O2S/c19-12-6-8-15(20)16(10-12)25(13-4-2-1-3-5-13)28(26,27)14-7-9-17(24-11-14)18(21,22)23/h6-11,13H,1-5H2. The smallest absolute Gasteiger partial charge is 0.260 e. The van der Waals surface area contributed by atoms with Crippen LogP contribution in [0, 0.1) is 11.6 Å². The number of rotatable bonds is 4. The van der Waals surface area contributed by atoms with Crippen LogP contribution in [0.2, 0.25) is 0 Å². The molecule has 1 saturated carbocycles. The molecule has 1 aliphatic rings. The third kappa shape index (κ3) is 4.11. The van der Waals surface area contributed by atoms with Gasteiger partial charge in [0, 0.05) is 18.3 Å². The number of halogens is 5. The van der Waals surface area contributed by atoms with Crippen LogP contribution in [0.25, 0.3) is 0 Å². The summed E-state index contributed by atoms with van der Waals surface area (Å²) in [7, 11) is -4.46. The minimum absolute atomic E-state index is 0.434. The second-order valence-electron chi connectivity index (χ2n) is 6.57. The zero-order chi connectivity index (χ0) is 20.5. The molecular weight excluding hydrogens is 403 g/mol. The third-order valence-corrected chi connectivity index (χ3v) is 6.49. The number of alkyl halides is 3. The molecule has 2 aromatic rings. The van der Waals surface area contributed by atoms with Gasteiger partial charge in [0.1, 0.15) is 22.2 Å². The molecule has 28 heavy (non-hydrogen) atoms. The molecule has 1 aromatic carbocycles. The summed E-state index contributed by atoms with van der Waals surface area (Å²) in [6, 6.07) is 3.16. The van der Waals surface area contributed by atoms with Gasteiger partial charge >= 0.3 is 6.18 Å². The monoisotopic (exact) mass is 420 g/mol. The van der Waals surface area contributed by atoms with Gasteiger partial charge in [-0.1, -0.05) is 19.3 Å². The average molecular weight is 420 g/mol.